The van der Waals surface area contributed by atoms with Crippen LogP contribution in [0.3, 0.4) is 0 Å². The van der Waals surface area contributed by atoms with E-state index in [1.807, 2.05) is 0 Å². The molecule has 2 bridgehead atoms. The Labute approximate surface area is 123 Å². The number of hydrogen-bond donors (Lipinski definition) is 1. The largest absolute Gasteiger partial charge is 0.393 e. The Hall–Kier alpha value is -0.0800. The average Bonchev–Trinajstić information content (AvgIpc) is 3.00. The highest BCUT2D eigenvalue weighted by Crippen LogP contribution is 2.68. The summed E-state index contributed by atoms with van der Waals surface area (Å²) >= 11 is 0. The van der Waals surface area contributed by atoms with Crippen molar-refractivity contribution in [3.05, 3.63) is 0 Å². The fourth-order valence-electron chi connectivity index (χ4n) is 6.82. The third-order valence-corrected chi connectivity index (χ3v) is 7.61. The minimum atomic E-state index is -0.0468. The van der Waals surface area contributed by atoms with Crippen molar-refractivity contribution in [2.75, 3.05) is 0 Å². The zero-order valence-corrected chi connectivity index (χ0v) is 13.3. The number of fused-ring (bicyclic) bond motifs is 3. The first-order valence-electron chi connectivity index (χ1n) is 8.82. The summed E-state index contributed by atoms with van der Waals surface area (Å²) in [6.07, 6.45) is 8.89. The first kappa shape index (κ1) is 13.6. The van der Waals surface area contributed by atoms with Crippen LogP contribution in [-0.4, -0.2) is 22.9 Å². The van der Waals surface area contributed by atoms with Crippen molar-refractivity contribution >= 4 is 0 Å². The van der Waals surface area contributed by atoms with Gasteiger partial charge in [0.1, 0.15) is 0 Å². The Morgan fingerprint density at radius 1 is 1.10 bits per heavy atom. The third-order valence-electron chi connectivity index (χ3n) is 7.61. The summed E-state index contributed by atoms with van der Waals surface area (Å²) in [6, 6.07) is 0. The average molecular weight is 278 g/mol. The maximum absolute atomic E-state index is 10.2. The monoisotopic (exact) mass is 278 g/mol. The quantitative estimate of drug-likeness (QED) is 0.791. The molecule has 4 rings (SSSR count). The van der Waals surface area contributed by atoms with Crippen LogP contribution in [-0.2, 0) is 4.74 Å². The number of hydrogen-bond acceptors (Lipinski definition) is 2. The summed E-state index contributed by atoms with van der Waals surface area (Å²) < 4.78 is 6.80. The SMILES string of the molecule is CC(C)[C@@H]1CC[C@@]2(C)[C@@H]3C[C@H](O)C[C@@H]3C[C@H]3CC[C@@]12O3. The molecule has 2 nitrogen and oxygen atoms in total. The molecule has 114 valence electrons. The van der Waals surface area contributed by atoms with Gasteiger partial charge in [-0.15, -0.1) is 0 Å². The summed E-state index contributed by atoms with van der Waals surface area (Å²) in [6.45, 7) is 7.28. The standard InChI is InChI=1S/C18H30O2/c1-11(2)15-5-6-17(3)16-10-13(19)8-12(16)9-14-4-7-18(15,17)20-14/h11-16,19H,4-10H2,1-3H3/t12-,13-,14-,15+,16-,17+,18-/m1/s1. The van der Waals surface area contributed by atoms with Crippen molar-refractivity contribution in [1.82, 2.24) is 0 Å². The highest BCUT2D eigenvalue weighted by Gasteiger charge is 2.68. The maximum Gasteiger partial charge on any atom is 0.0773 e. The van der Waals surface area contributed by atoms with E-state index in [2.05, 4.69) is 20.8 Å². The van der Waals surface area contributed by atoms with Crippen LogP contribution in [0.5, 0.6) is 0 Å². The van der Waals surface area contributed by atoms with Gasteiger partial charge in [0.25, 0.3) is 0 Å². The Morgan fingerprint density at radius 2 is 1.90 bits per heavy atom. The van der Waals surface area contributed by atoms with E-state index in [1.54, 1.807) is 0 Å². The van der Waals surface area contributed by atoms with Crippen LogP contribution in [0.25, 0.3) is 0 Å². The lowest BCUT2D eigenvalue weighted by atomic mass is 9.59. The molecule has 7 atom stereocenters. The fraction of sp³-hybridized carbons (Fsp3) is 1.00. The van der Waals surface area contributed by atoms with Crippen molar-refractivity contribution in [1.29, 1.82) is 0 Å². The van der Waals surface area contributed by atoms with E-state index in [9.17, 15) is 5.11 Å². The zero-order valence-electron chi connectivity index (χ0n) is 13.3. The van der Waals surface area contributed by atoms with Crippen LogP contribution < -0.4 is 0 Å². The van der Waals surface area contributed by atoms with Gasteiger partial charge in [0.2, 0.25) is 0 Å². The van der Waals surface area contributed by atoms with E-state index in [1.165, 1.54) is 32.1 Å². The van der Waals surface area contributed by atoms with E-state index in [4.69, 9.17) is 4.74 Å². The second-order valence-corrected chi connectivity index (χ2v) is 8.70. The molecule has 20 heavy (non-hydrogen) atoms. The van der Waals surface area contributed by atoms with Gasteiger partial charge in [-0.25, -0.2) is 0 Å². The second-order valence-electron chi connectivity index (χ2n) is 8.70. The molecule has 2 saturated heterocycles. The molecule has 1 N–H and O–H groups in total. The van der Waals surface area contributed by atoms with Crippen LogP contribution >= 0.6 is 0 Å². The molecule has 2 heteroatoms. The summed E-state index contributed by atoms with van der Waals surface area (Å²) in [5.74, 6) is 2.87. The number of rotatable bonds is 1. The maximum atomic E-state index is 10.2. The minimum Gasteiger partial charge on any atom is -0.393 e. The van der Waals surface area contributed by atoms with E-state index in [0.29, 0.717) is 23.4 Å². The smallest absolute Gasteiger partial charge is 0.0773 e. The molecule has 0 unspecified atom stereocenters. The Balaban J connectivity index is 1.78. The molecule has 0 amide bonds. The molecule has 4 aliphatic rings. The minimum absolute atomic E-state index is 0.0468. The lowest BCUT2D eigenvalue weighted by molar-refractivity contribution is -0.141. The molecule has 0 radical (unpaired) electrons. The van der Waals surface area contributed by atoms with E-state index in [-0.39, 0.29) is 11.7 Å². The molecule has 2 aliphatic carbocycles. The van der Waals surface area contributed by atoms with Gasteiger partial charge < -0.3 is 9.84 Å². The lowest BCUT2D eigenvalue weighted by Crippen LogP contribution is -2.51. The summed E-state index contributed by atoms with van der Waals surface area (Å²) in [4.78, 5) is 0. The van der Waals surface area contributed by atoms with Crippen molar-refractivity contribution in [3.63, 3.8) is 0 Å². The van der Waals surface area contributed by atoms with Gasteiger partial charge in [0, 0.05) is 5.41 Å². The van der Waals surface area contributed by atoms with Crippen molar-refractivity contribution in [2.45, 2.75) is 83.5 Å². The van der Waals surface area contributed by atoms with Crippen LogP contribution in [0, 0.1) is 29.1 Å². The normalized spacial score (nSPS) is 57.8. The highest BCUT2D eigenvalue weighted by atomic mass is 16.5. The number of aliphatic hydroxyl groups is 1. The van der Waals surface area contributed by atoms with Crippen LogP contribution in [0.15, 0.2) is 0 Å². The van der Waals surface area contributed by atoms with Crippen LogP contribution in [0.1, 0.15) is 65.7 Å². The van der Waals surface area contributed by atoms with Crippen molar-refractivity contribution in [2.24, 2.45) is 29.1 Å². The summed E-state index contributed by atoms with van der Waals surface area (Å²) in [5, 5.41) is 10.2. The first-order valence-corrected chi connectivity index (χ1v) is 8.82. The molecule has 4 fully saturated rings. The predicted molar refractivity (Wildman–Crippen MR) is 79.3 cm³/mol. The van der Waals surface area contributed by atoms with Crippen LogP contribution in [0.2, 0.25) is 0 Å². The molecule has 2 aliphatic heterocycles. The fourth-order valence-corrected chi connectivity index (χ4v) is 6.82. The molecule has 1 spiro atoms. The van der Waals surface area contributed by atoms with E-state index in [0.717, 1.165) is 24.7 Å². The molecular weight excluding hydrogens is 248 g/mol. The molecule has 0 aromatic rings. The molecule has 0 aromatic heterocycles. The van der Waals surface area contributed by atoms with E-state index < -0.39 is 0 Å². The second kappa shape index (κ2) is 4.23. The van der Waals surface area contributed by atoms with Gasteiger partial charge in [-0.3, -0.25) is 0 Å². The van der Waals surface area contributed by atoms with Crippen molar-refractivity contribution in [3.8, 4) is 0 Å². The van der Waals surface area contributed by atoms with Gasteiger partial charge in [0.15, 0.2) is 0 Å². The molecule has 2 saturated carbocycles. The lowest BCUT2D eigenvalue weighted by Gasteiger charge is -2.48. The van der Waals surface area contributed by atoms with Crippen molar-refractivity contribution < 1.29 is 9.84 Å². The van der Waals surface area contributed by atoms with Gasteiger partial charge in [-0.1, -0.05) is 20.8 Å². The summed E-state index contributed by atoms with van der Waals surface area (Å²) in [7, 11) is 0. The zero-order chi connectivity index (χ0) is 14.1. The molecule has 0 aromatic carbocycles. The molecular formula is C18H30O2. The summed E-state index contributed by atoms with van der Waals surface area (Å²) in [5.41, 5.74) is 0.449. The predicted octanol–water partition coefficient (Wildman–Crippen LogP) is 3.77. The van der Waals surface area contributed by atoms with Gasteiger partial charge in [0.05, 0.1) is 17.8 Å². The topological polar surface area (TPSA) is 29.5 Å². The highest BCUT2D eigenvalue weighted by molar-refractivity contribution is 5.17. The van der Waals surface area contributed by atoms with Gasteiger partial charge >= 0.3 is 0 Å². The van der Waals surface area contributed by atoms with Crippen LogP contribution in [0.4, 0.5) is 0 Å². The number of ether oxygens (including phenoxy) is 1. The Morgan fingerprint density at radius 3 is 2.65 bits per heavy atom. The Bertz CT molecular complexity index is 406. The van der Waals surface area contributed by atoms with Gasteiger partial charge in [-0.2, -0.15) is 0 Å². The molecule has 2 heterocycles. The third kappa shape index (κ3) is 1.53. The van der Waals surface area contributed by atoms with E-state index >= 15 is 0 Å². The Kier molecular flexibility index (Phi) is 2.87. The van der Waals surface area contributed by atoms with Gasteiger partial charge in [-0.05, 0) is 68.6 Å². The first-order chi connectivity index (χ1) is 9.46. The number of aliphatic hydroxyl groups excluding tert-OH is 1.